The van der Waals surface area contributed by atoms with Crippen LogP contribution in [-0.2, 0) is 14.4 Å². The first-order valence-corrected chi connectivity index (χ1v) is 14.2. The molecule has 1 heterocycles. The number of halogens is 2. The van der Waals surface area contributed by atoms with Crippen molar-refractivity contribution in [1.82, 2.24) is 4.98 Å². The molecule has 0 atom stereocenters. The van der Waals surface area contributed by atoms with Gasteiger partial charge in [-0.2, -0.15) is 0 Å². The minimum absolute atomic E-state index is 0. The Morgan fingerprint density at radius 2 is 1.67 bits per heavy atom. The number of rotatable bonds is 13. The number of aliphatic carboxylic acids is 1. The molecule has 2 amide bonds. The fourth-order valence-corrected chi connectivity index (χ4v) is 4.77. The number of benzene rings is 3. The van der Waals surface area contributed by atoms with Gasteiger partial charge in [0, 0.05) is 46.5 Å². The number of nitrogens with one attached hydrogen (secondary N) is 2. The molecule has 230 valence electrons. The van der Waals surface area contributed by atoms with Crippen LogP contribution in [-0.4, -0.2) is 71.1 Å². The zero-order valence-electron chi connectivity index (χ0n) is 23.7. The molecule has 3 aromatic carbocycles. The number of unbranched alkanes of at least 4 members (excludes halogenated alkanes) is 1. The molecule has 1 aromatic heterocycles. The second kappa shape index (κ2) is 14.9. The van der Waals surface area contributed by atoms with Gasteiger partial charge in [-0.3, -0.25) is 19.4 Å². The first-order chi connectivity index (χ1) is 21.2. The summed E-state index contributed by atoms with van der Waals surface area (Å²) in [4.78, 5) is 41.0. The number of nitrogens with zero attached hydrogens (tertiary/aromatic N) is 1. The van der Waals surface area contributed by atoms with E-state index in [1.54, 1.807) is 42.5 Å². The molecule has 3 N–H and O–H groups in total. The van der Waals surface area contributed by atoms with Crippen molar-refractivity contribution >= 4 is 81.2 Å². The van der Waals surface area contributed by atoms with Gasteiger partial charge < -0.3 is 30.0 Å². The van der Waals surface area contributed by atoms with Crippen LogP contribution < -0.4 is 24.8 Å². The van der Waals surface area contributed by atoms with Crippen LogP contribution in [0.4, 0.5) is 15.8 Å². The van der Waals surface area contributed by atoms with Crippen LogP contribution in [0.25, 0.3) is 10.9 Å². The quantitative estimate of drug-likeness (QED) is 0.0892. The van der Waals surface area contributed by atoms with Crippen molar-refractivity contribution < 1.29 is 38.1 Å². The molecule has 0 unspecified atom stereocenters. The van der Waals surface area contributed by atoms with E-state index < -0.39 is 29.0 Å². The van der Waals surface area contributed by atoms with E-state index in [1.165, 1.54) is 25.4 Å². The maximum atomic E-state index is 15.2. The number of hydrogen-bond acceptors (Lipinski definition) is 7. The molecule has 0 radical (unpaired) electrons. The van der Waals surface area contributed by atoms with Crippen LogP contribution in [0.3, 0.4) is 0 Å². The molecule has 13 heteroatoms. The summed E-state index contributed by atoms with van der Waals surface area (Å²) >= 11 is 5.98. The van der Waals surface area contributed by atoms with E-state index in [9.17, 15) is 14.4 Å². The van der Waals surface area contributed by atoms with Gasteiger partial charge in [-0.1, -0.05) is 17.7 Å². The fourth-order valence-electron chi connectivity index (χ4n) is 4.58. The van der Waals surface area contributed by atoms with E-state index in [2.05, 4.69) is 15.6 Å². The van der Waals surface area contributed by atoms with E-state index in [0.29, 0.717) is 71.2 Å². The Hall–Kier alpha value is -3.90. The minimum atomic E-state index is -1.25. The summed E-state index contributed by atoms with van der Waals surface area (Å²) in [5.74, 6) is -1.51. The van der Waals surface area contributed by atoms with Crippen molar-refractivity contribution in [2.75, 3.05) is 24.4 Å². The number of anilines is 2. The average molecular weight is 646 g/mol. The van der Waals surface area contributed by atoms with Crippen LogP contribution in [0.1, 0.15) is 32.1 Å². The molecule has 0 saturated heterocycles. The van der Waals surface area contributed by atoms with Gasteiger partial charge in [-0.25, -0.2) is 4.39 Å². The first kappa shape index (κ1) is 34.0. The predicted octanol–water partition coefficient (Wildman–Crippen LogP) is 6.17. The number of carboxylic acid groups (broad SMARTS) is 1. The summed E-state index contributed by atoms with van der Waals surface area (Å²) in [6, 6.07) is 15.5. The van der Waals surface area contributed by atoms with E-state index >= 15 is 4.39 Å². The molecule has 1 fully saturated rings. The topological polar surface area (TPSA) is 136 Å². The number of carboxylic acids is 1. The molecule has 0 spiro atoms. The van der Waals surface area contributed by atoms with Crippen molar-refractivity contribution in [1.29, 1.82) is 0 Å². The third-order valence-corrected chi connectivity index (χ3v) is 7.38. The third kappa shape index (κ3) is 8.23. The van der Waals surface area contributed by atoms with Crippen LogP contribution in [0.15, 0.2) is 66.9 Å². The Kier molecular flexibility index (Phi) is 11.3. The van der Waals surface area contributed by atoms with Crippen LogP contribution in [0.5, 0.6) is 23.0 Å². The average Bonchev–Trinajstić information content (AvgIpc) is 3.80. The van der Waals surface area contributed by atoms with Gasteiger partial charge >= 0.3 is 35.5 Å². The van der Waals surface area contributed by atoms with Gasteiger partial charge in [0.25, 0.3) is 0 Å². The normalized spacial score (nSPS) is 12.9. The summed E-state index contributed by atoms with van der Waals surface area (Å²) in [6.07, 6.45) is 3.34. The number of ether oxygens (including phenoxy) is 3. The molecule has 5 rings (SSSR count). The van der Waals surface area contributed by atoms with Gasteiger partial charge in [0.1, 0.15) is 11.2 Å². The number of methoxy groups -OCH3 is 1. The van der Waals surface area contributed by atoms with Crippen LogP contribution >= 0.6 is 11.6 Å². The molecule has 1 aliphatic carbocycles. The number of amides is 2. The summed E-state index contributed by atoms with van der Waals surface area (Å²) in [5, 5.41) is 15.2. The monoisotopic (exact) mass is 645 g/mol. The van der Waals surface area contributed by atoms with Crippen molar-refractivity contribution in [3.63, 3.8) is 0 Å². The Balaban J connectivity index is 0.00000461. The molecule has 4 aromatic rings. The summed E-state index contributed by atoms with van der Waals surface area (Å²) in [6.45, 7) is 0.299. The van der Waals surface area contributed by atoms with Gasteiger partial charge in [0.15, 0.2) is 23.1 Å². The number of aromatic nitrogens is 1. The Morgan fingerprint density at radius 3 is 2.31 bits per heavy atom. The predicted molar refractivity (Wildman–Crippen MR) is 169 cm³/mol. The summed E-state index contributed by atoms with van der Waals surface area (Å²) in [7, 11) is 1.48. The SMILES string of the molecule is COc1cc2c(Oc3ccc(NC(=O)C4(C(=O)Nc5cccc(Cl)c5)CC4)cc3F)ccnc2cc1OCCCCC(=O)O.[NaH]. The summed E-state index contributed by atoms with van der Waals surface area (Å²) in [5.41, 5.74) is -0.0802. The van der Waals surface area contributed by atoms with Crippen LogP contribution in [0, 0.1) is 11.2 Å². The van der Waals surface area contributed by atoms with E-state index in [1.807, 2.05) is 0 Å². The van der Waals surface area contributed by atoms with Gasteiger partial charge in [-0.05, 0) is 68.1 Å². The van der Waals surface area contributed by atoms with E-state index in [-0.39, 0.29) is 47.4 Å². The number of pyridine rings is 1. The number of fused-ring (bicyclic) bond motifs is 1. The molecular weight excluding hydrogens is 616 g/mol. The summed E-state index contributed by atoms with van der Waals surface area (Å²) < 4.78 is 32.3. The second-order valence-electron chi connectivity index (χ2n) is 10.3. The molecule has 0 aliphatic heterocycles. The molecule has 10 nitrogen and oxygen atoms in total. The Morgan fingerprint density at radius 1 is 0.933 bits per heavy atom. The van der Waals surface area contributed by atoms with Crippen LogP contribution in [0.2, 0.25) is 5.02 Å². The van der Waals surface area contributed by atoms with Crippen molar-refractivity contribution in [3.8, 4) is 23.0 Å². The molecule has 1 aliphatic rings. The van der Waals surface area contributed by atoms with Gasteiger partial charge in [0.05, 0.1) is 19.2 Å². The Labute approximate surface area is 285 Å². The van der Waals surface area contributed by atoms with E-state index in [4.69, 9.17) is 30.9 Å². The van der Waals surface area contributed by atoms with E-state index in [0.717, 1.165) is 6.07 Å². The third-order valence-electron chi connectivity index (χ3n) is 7.14. The second-order valence-corrected chi connectivity index (χ2v) is 10.7. The number of hydrogen-bond donors (Lipinski definition) is 3. The molecule has 45 heavy (non-hydrogen) atoms. The zero-order chi connectivity index (χ0) is 31.3. The van der Waals surface area contributed by atoms with Crippen molar-refractivity contribution in [2.24, 2.45) is 5.41 Å². The van der Waals surface area contributed by atoms with Crippen molar-refractivity contribution in [3.05, 3.63) is 77.7 Å². The number of carbonyl (C=O) groups is 3. The van der Waals surface area contributed by atoms with Gasteiger partial charge in [0.2, 0.25) is 11.8 Å². The molecular formula is C32H30ClFN3NaO7. The first-order valence-electron chi connectivity index (χ1n) is 13.9. The Bertz CT molecular complexity index is 1730. The maximum absolute atomic E-state index is 15.2. The van der Waals surface area contributed by atoms with Gasteiger partial charge in [-0.15, -0.1) is 0 Å². The molecule has 1 saturated carbocycles. The van der Waals surface area contributed by atoms with Crippen molar-refractivity contribution in [2.45, 2.75) is 32.1 Å². The fraction of sp³-hybridized carbons (Fsp3) is 0.250. The molecule has 0 bridgehead atoms. The zero-order valence-corrected chi connectivity index (χ0v) is 24.4. The number of carbonyl (C=O) groups excluding carboxylic acids is 2. The standard InChI is InChI=1S/C32H29ClFN3O7.Na.H/c1-42-27-17-22-24(18-28(27)43-14-3-2-7-29(38)39)35-13-10-25(22)44-26-9-8-21(16-23(26)34)37-31(41)32(11-12-32)30(40)36-20-6-4-5-19(33)15-20;;/h4-6,8-10,13,15-18H,2-3,7,11-12,14H2,1H3,(H,36,40)(H,37,41)(H,38,39);;.